The number of thioether (sulfide) groups is 1. The highest BCUT2D eigenvalue weighted by Crippen LogP contribution is 2.48. The highest BCUT2D eigenvalue weighted by Gasteiger charge is 2.39. The van der Waals surface area contributed by atoms with Crippen LogP contribution in [0, 0.1) is 23.2 Å². The van der Waals surface area contributed by atoms with Crippen LogP contribution in [0.15, 0.2) is 91.0 Å². The Balaban J connectivity index is 1.95. The molecule has 0 saturated heterocycles. The number of nitrogens with one attached hydrogen (secondary N) is 2. The van der Waals surface area contributed by atoms with Gasteiger partial charge in [0.25, 0.3) is 0 Å². The Labute approximate surface area is 278 Å². The van der Waals surface area contributed by atoms with E-state index < -0.39 is 28.6 Å². The van der Waals surface area contributed by atoms with E-state index in [2.05, 4.69) is 47.0 Å². The number of hydrogen-bond acceptors (Lipinski definition) is 5. The molecule has 0 radical (unpaired) electrons. The van der Waals surface area contributed by atoms with Gasteiger partial charge in [0, 0.05) is 24.1 Å². The van der Waals surface area contributed by atoms with Crippen LogP contribution in [0.2, 0.25) is 0 Å². The van der Waals surface area contributed by atoms with Crippen LogP contribution < -0.4 is 10.6 Å². The molecular weight excluding hydrogens is 596 g/mol. The molecule has 4 N–H and O–H groups in total. The number of carboxylic acids is 1. The van der Waals surface area contributed by atoms with Crippen molar-refractivity contribution in [1.29, 1.82) is 0 Å². The van der Waals surface area contributed by atoms with Gasteiger partial charge in [0.15, 0.2) is 0 Å². The molecule has 0 spiro atoms. The van der Waals surface area contributed by atoms with Crippen molar-refractivity contribution in [2.24, 2.45) is 23.2 Å². The smallest absolute Gasteiger partial charge is 0.327 e. The first-order valence-electron chi connectivity index (χ1n) is 16.1. The second kappa shape index (κ2) is 17.3. The number of aliphatic hydroxyl groups is 1. The fourth-order valence-corrected chi connectivity index (χ4v) is 7.56. The number of aliphatic carboxylic acids is 1. The molecule has 3 aromatic carbocycles. The summed E-state index contributed by atoms with van der Waals surface area (Å²) >= 11 is 1.48. The summed E-state index contributed by atoms with van der Waals surface area (Å²) in [5, 5.41) is 25.3. The summed E-state index contributed by atoms with van der Waals surface area (Å²) in [5.74, 6) is -2.42. The summed E-state index contributed by atoms with van der Waals surface area (Å²) < 4.78 is -0.734. The highest BCUT2D eigenvalue weighted by atomic mass is 32.2. The van der Waals surface area contributed by atoms with Crippen LogP contribution in [0.5, 0.6) is 0 Å². The Morgan fingerprint density at radius 2 is 1.22 bits per heavy atom. The molecule has 0 saturated carbocycles. The van der Waals surface area contributed by atoms with Crippen molar-refractivity contribution in [2.45, 2.75) is 64.7 Å². The molecular formula is C38H50N2O5S. The van der Waals surface area contributed by atoms with E-state index in [-0.39, 0.29) is 42.1 Å². The van der Waals surface area contributed by atoms with Crippen LogP contribution >= 0.6 is 11.8 Å². The van der Waals surface area contributed by atoms with Gasteiger partial charge >= 0.3 is 5.97 Å². The average molecular weight is 647 g/mol. The van der Waals surface area contributed by atoms with Crippen molar-refractivity contribution in [3.8, 4) is 0 Å². The molecule has 0 heterocycles. The molecule has 248 valence electrons. The lowest BCUT2D eigenvalue weighted by Crippen LogP contribution is -2.47. The Morgan fingerprint density at radius 1 is 0.739 bits per heavy atom. The molecule has 3 rings (SSSR count). The third kappa shape index (κ3) is 10.5. The minimum atomic E-state index is -1.16. The monoisotopic (exact) mass is 646 g/mol. The fourth-order valence-electron chi connectivity index (χ4n) is 6.01. The number of carbonyl (C=O) groups excluding carboxylic acids is 2. The van der Waals surface area contributed by atoms with Crippen molar-refractivity contribution in [3.05, 3.63) is 108 Å². The number of amides is 2. The standard InChI is InChI=1S/C38H50N2O5S/c1-27(2)23-28(24-29(25-37(3,4)5)34(42)39-21-22-41)35(43)40-33(36(44)45)26-46-38(30-15-9-6-10-16-30,31-17-11-7-12-18-31)32-19-13-8-14-20-32/h6-20,27-29,33,41H,21-26H2,1-5H3,(H,39,42)(H,40,43)(H,44,45). The van der Waals surface area contributed by atoms with E-state index in [1.54, 1.807) is 0 Å². The highest BCUT2D eigenvalue weighted by molar-refractivity contribution is 8.00. The Bertz CT molecular complexity index is 1280. The quantitative estimate of drug-likeness (QED) is 0.125. The number of rotatable bonds is 17. The maximum atomic E-state index is 13.9. The van der Waals surface area contributed by atoms with Gasteiger partial charge in [0.2, 0.25) is 11.8 Å². The van der Waals surface area contributed by atoms with Crippen molar-refractivity contribution in [2.75, 3.05) is 18.9 Å². The Morgan fingerprint density at radius 3 is 1.61 bits per heavy atom. The lowest BCUT2D eigenvalue weighted by Gasteiger charge is -2.36. The van der Waals surface area contributed by atoms with Gasteiger partial charge in [-0.25, -0.2) is 4.79 Å². The third-order valence-corrected chi connectivity index (χ3v) is 9.60. The van der Waals surface area contributed by atoms with Crippen LogP contribution in [0.3, 0.4) is 0 Å². The van der Waals surface area contributed by atoms with E-state index in [1.807, 2.05) is 89.2 Å². The molecule has 0 bridgehead atoms. The zero-order chi connectivity index (χ0) is 33.7. The minimum Gasteiger partial charge on any atom is -0.480 e. The lowest BCUT2D eigenvalue weighted by atomic mass is 9.78. The largest absolute Gasteiger partial charge is 0.480 e. The van der Waals surface area contributed by atoms with Gasteiger partial charge in [-0.3, -0.25) is 9.59 Å². The normalized spacial score (nSPS) is 13.9. The first-order valence-corrected chi connectivity index (χ1v) is 17.1. The zero-order valence-electron chi connectivity index (χ0n) is 27.7. The van der Waals surface area contributed by atoms with E-state index in [0.29, 0.717) is 19.3 Å². The summed E-state index contributed by atoms with van der Waals surface area (Å²) in [4.78, 5) is 39.8. The maximum absolute atomic E-state index is 13.9. The number of carboxylic acid groups (broad SMARTS) is 1. The molecule has 3 atom stereocenters. The van der Waals surface area contributed by atoms with Gasteiger partial charge < -0.3 is 20.8 Å². The number of hydrogen-bond donors (Lipinski definition) is 4. The Kier molecular flexibility index (Phi) is 13.9. The van der Waals surface area contributed by atoms with E-state index in [9.17, 15) is 24.6 Å². The van der Waals surface area contributed by atoms with Gasteiger partial charge in [-0.1, -0.05) is 126 Å². The summed E-state index contributed by atoms with van der Waals surface area (Å²) in [7, 11) is 0. The zero-order valence-corrected chi connectivity index (χ0v) is 28.6. The van der Waals surface area contributed by atoms with Crippen molar-refractivity contribution < 1.29 is 24.6 Å². The maximum Gasteiger partial charge on any atom is 0.327 e. The van der Waals surface area contributed by atoms with Gasteiger partial charge in [0.1, 0.15) is 6.04 Å². The average Bonchev–Trinajstić information content (AvgIpc) is 3.03. The summed E-state index contributed by atoms with van der Waals surface area (Å²) in [6.45, 7) is 10.2. The molecule has 3 unspecified atom stereocenters. The van der Waals surface area contributed by atoms with E-state index in [4.69, 9.17) is 0 Å². The third-order valence-electron chi connectivity index (χ3n) is 7.96. The second-order valence-electron chi connectivity index (χ2n) is 13.5. The molecule has 0 aliphatic rings. The topological polar surface area (TPSA) is 116 Å². The lowest BCUT2D eigenvalue weighted by molar-refractivity contribution is -0.142. The summed E-state index contributed by atoms with van der Waals surface area (Å²) in [6.07, 6.45) is 1.36. The molecule has 46 heavy (non-hydrogen) atoms. The number of carbonyl (C=O) groups is 3. The van der Waals surface area contributed by atoms with Crippen LogP contribution in [0.1, 0.15) is 70.6 Å². The van der Waals surface area contributed by atoms with Crippen LogP contribution in [-0.2, 0) is 19.1 Å². The first kappa shape index (κ1) is 36.8. The fraction of sp³-hybridized carbons (Fsp3) is 0.447. The Hall–Kier alpha value is -3.62. The summed E-state index contributed by atoms with van der Waals surface area (Å²) in [6, 6.07) is 28.9. The SMILES string of the molecule is CC(C)CC(CC(CC(C)(C)C)C(=O)NCCO)C(=O)NC(CSC(c1ccccc1)(c1ccccc1)c1ccccc1)C(=O)O. The molecule has 0 fully saturated rings. The molecule has 8 heteroatoms. The van der Waals surface area contributed by atoms with Gasteiger partial charge in [-0.15, -0.1) is 11.8 Å². The van der Waals surface area contributed by atoms with Crippen LogP contribution in [-0.4, -0.2) is 52.9 Å². The minimum absolute atomic E-state index is 0.108. The van der Waals surface area contributed by atoms with Crippen molar-refractivity contribution in [3.63, 3.8) is 0 Å². The van der Waals surface area contributed by atoms with E-state index in [1.165, 1.54) is 11.8 Å². The van der Waals surface area contributed by atoms with Crippen LogP contribution in [0.25, 0.3) is 0 Å². The first-order chi connectivity index (χ1) is 21.9. The molecule has 7 nitrogen and oxygen atoms in total. The molecule has 0 aliphatic carbocycles. The number of benzene rings is 3. The second-order valence-corrected chi connectivity index (χ2v) is 14.8. The van der Waals surface area contributed by atoms with Crippen molar-refractivity contribution in [1.82, 2.24) is 10.6 Å². The predicted octanol–water partition coefficient (Wildman–Crippen LogP) is 6.49. The number of aliphatic hydroxyl groups excluding tert-OH is 1. The van der Waals surface area contributed by atoms with E-state index >= 15 is 0 Å². The van der Waals surface area contributed by atoms with Gasteiger partial charge in [0.05, 0.1) is 11.4 Å². The molecule has 2 amide bonds. The van der Waals surface area contributed by atoms with Gasteiger partial charge in [-0.05, 0) is 47.3 Å². The molecule has 3 aromatic rings. The molecule has 0 aromatic heterocycles. The molecule has 0 aliphatic heterocycles. The van der Waals surface area contributed by atoms with Crippen LogP contribution in [0.4, 0.5) is 0 Å². The van der Waals surface area contributed by atoms with Crippen molar-refractivity contribution >= 4 is 29.5 Å². The van der Waals surface area contributed by atoms with Gasteiger partial charge in [-0.2, -0.15) is 0 Å². The van der Waals surface area contributed by atoms with E-state index in [0.717, 1.165) is 16.7 Å². The predicted molar refractivity (Wildman–Crippen MR) is 186 cm³/mol. The summed E-state index contributed by atoms with van der Waals surface area (Å²) in [5.41, 5.74) is 2.84.